The lowest BCUT2D eigenvalue weighted by Crippen LogP contribution is -2.28. The molecule has 1 heterocycles. The molecular formula is C13H15N3O2S. The first-order chi connectivity index (χ1) is 9.20. The molecule has 2 rings (SSSR count). The van der Waals surface area contributed by atoms with Crippen LogP contribution >= 0.6 is 11.3 Å². The molecule has 0 aliphatic heterocycles. The van der Waals surface area contributed by atoms with Gasteiger partial charge >= 0.3 is 0 Å². The molecule has 0 spiro atoms. The van der Waals surface area contributed by atoms with Crippen LogP contribution in [0.15, 0.2) is 35.7 Å². The smallest absolute Gasteiger partial charge is 0.270 e. The Hall–Kier alpha value is -1.76. The number of aromatic nitrogens is 1. The van der Waals surface area contributed by atoms with E-state index in [0.29, 0.717) is 17.2 Å². The molecule has 19 heavy (non-hydrogen) atoms. The van der Waals surface area contributed by atoms with Gasteiger partial charge in [-0.1, -0.05) is 30.3 Å². The predicted molar refractivity (Wildman–Crippen MR) is 73.7 cm³/mol. The van der Waals surface area contributed by atoms with E-state index in [1.165, 1.54) is 11.3 Å². The topological polar surface area (TPSA) is 88.2 Å². The number of aliphatic hydroxyl groups is 1. The summed E-state index contributed by atoms with van der Waals surface area (Å²) < 4.78 is 0. The highest BCUT2D eigenvalue weighted by Gasteiger charge is 2.12. The molecule has 100 valence electrons. The van der Waals surface area contributed by atoms with E-state index in [1.807, 2.05) is 30.3 Å². The van der Waals surface area contributed by atoms with Crippen LogP contribution in [0.4, 0.5) is 0 Å². The maximum atomic E-state index is 11.8. The number of hydrogen-bond acceptors (Lipinski definition) is 5. The molecule has 5 nitrogen and oxygen atoms in total. The zero-order chi connectivity index (χ0) is 13.7. The molecule has 0 aliphatic rings. The highest BCUT2D eigenvalue weighted by Crippen LogP contribution is 2.12. The number of carbonyl (C=O) groups is 1. The summed E-state index contributed by atoms with van der Waals surface area (Å²) in [6, 6.07) is 9.18. The van der Waals surface area contributed by atoms with Gasteiger partial charge in [-0.3, -0.25) is 4.79 Å². The van der Waals surface area contributed by atoms with Gasteiger partial charge in [0.25, 0.3) is 5.91 Å². The van der Waals surface area contributed by atoms with Crippen molar-refractivity contribution in [3.05, 3.63) is 52.0 Å². The van der Waals surface area contributed by atoms with E-state index in [2.05, 4.69) is 10.3 Å². The molecular weight excluding hydrogens is 262 g/mol. The normalized spacial score (nSPS) is 12.1. The maximum absolute atomic E-state index is 11.8. The molecule has 0 aliphatic carbocycles. The zero-order valence-electron chi connectivity index (χ0n) is 10.2. The lowest BCUT2D eigenvalue weighted by atomic mass is 10.1. The van der Waals surface area contributed by atoms with Crippen molar-refractivity contribution in [2.24, 2.45) is 5.73 Å². The minimum absolute atomic E-state index is 0.151. The lowest BCUT2D eigenvalue weighted by Gasteiger charge is -2.11. The molecule has 1 unspecified atom stereocenters. The Morgan fingerprint density at radius 3 is 2.79 bits per heavy atom. The van der Waals surface area contributed by atoms with Gasteiger partial charge in [-0.2, -0.15) is 0 Å². The molecule has 4 N–H and O–H groups in total. The summed E-state index contributed by atoms with van der Waals surface area (Å²) >= 11 is 1.35. The van der Waals surface area contributed by atoms with Crippen molar-refractivity contribution in [2.75, 3.05) is 6.54 Å². The second-order valence-corrected chi connectivity index (χ2v) is 4.91. The van der Waals surface area contributed by atoms with E-state index in [0.717, 1.165) is 5.56 Å². The minimum atomic E-state index is -0.724. The fourth-order valence-corrected chi connectivity index (χ4v) is 2.24. The van der Waals surface area contributed by atoms with E-state index in [-0.39, 0.29) is 12.5 Å². The third kappa shape index (κ3) is 3.60. The Kier molecular flexibility index (Phi) is 4.62. The second kappa shape index (κ2) is 6.42. The number of aliphatic hydroxyl groups excluding tert-OH is 1. The molecule has 0 saturated heterocycles. The Bertz CT molecular complexity index is 542. The highest BCUT2D eigenvalue weighted by atomic mass is 32.1. The van der Waals surface area contributed by atoms with Gasteiger partial charge in [-0.05, 0) is 5.56 Å². The fourth-order valence-electron chi connectivity index (χ4n) is 1.58. The largest absolute Gasteiger partial charge is 0.387 e. The lowest BCUT2D eigenvalue weighted by molar-refractivity contribution is 0.0912. The summed E-state index contributed by atoms with van der Waals surface area (Å²) in [5, 5.41) is 14.9. The maximum Gasteiger partial charge on any atom is 0.270 e. The quantitative estimate of drug-likeness (QED) is 0.762. The molecule has 0 fully saturated rings. The molecule has 0 saturated carbocycles. The van der Waals surface area contributed by atoms with Crippen LogP contribution in [0.5, 0.6) is 0 Å². The summed E-state index contributed by atoms with van der Waals surface area (Å²) in [7, 11) is 0. The number of amides is 1. The van der Waals surface area contributed by atoms with Crippen molar-refractivity contribution in [3.8, 4) is 0 Å². The molecule has 0 bridgehead atoms. The van der Waals surface area contributed by atoms with Gasteiger partial charge in [0.05, 0.1) is 6.10 Å². The van der Waals surface area contributed by atoms with Crippen LogP contribution in [0.3, 0.4) is 0 Å². The summed E-state index contributed by atoms with van der Waals surface area (Å²) in [4.78, 5) is 15.9. The van der Waals surface area contributed by atoms with E-state index < -0.39 is 6.10 Å². The summed E-state index contributed by atoms with van der Waals surface area (Å²) in [6.07, 6.45) is -0.724. The van der Waals surface area contributed by atoms with Gasteiger partial charge in [0.15, 0.2) is 0 Å². The minimum Gasteiger partial charge on any atom is -0.387 e. The van der Waals surface area contributed by atoms with Crippen LogP contribution in [-0.2, 0) is 6.54 Å². The number of rotatable bonds is 5. The summed E-state index contributed by atoms with van der Waals surface area (Å²) in [6.45, 7) is 0.475. The molecule has 1 aromatic carbocycles. The summed E-state index contributed by atoms with van der Waals surface area (Å²) in [5.74, 6) is -0.300. The Balaban J connectivity index is 1.90. The van der Waals surface area contributed by atoms with Gasteiger partial charge in [-0.15, -0.1) is 11.3 Å². The summed E-state index contributed by atoms with van der Waals surface area (Å²) in [5.41, 5.74) is 6.54. The van der Waals surface area contributed by atoms with Crippen LogP contribution < -0.4 is 11.1 Å². The highest BCUT2D eigenvalue weighted by molar-refractivity contribution is 7.09. The predicted octanol–water partition coefficient (Wildman–Crippen LogP) is 1.07. The molecule has 1 aromatic heterocycles. The van der Waals surface area contributed by atoms with Crippen molar-refractivity contribution in [3.63, 3.8) is 0 Å². The van der Waals surface area contributed by atoms with Gasteiger partial charge in [-0.25, -0.2) is 4.98 Å². The molecule has 0 radical (unpaired) electrons. The number of thiazole rings is 1. The first kappa shape index (κ1) is 13.7. The molecule has 1 atom stereocenters. The standard InChI is InChI=1S/C13H15N3O2S/c14-6-12-16-10(8-19-12)13(18)15-7-11(17)9-4-2-1-3-5-9/h1-5,8,11,17H,6-7,14H2,(H,15,18). The monoisotopic (exact) mass is 277 g/mol. The van der Waals surface area contributed by atoms with E-state index >= 15 is 0 Å². The second-order valence-electron chi connectivity index (χ2n) is 3.97. The van der Waals surface area contributed by atoms with Gasteiger partial charge in [0.1, 0.15) is 10.7 Å². The molecule has 6 heteroatoms. The number of benzene rings is 1. The number of nitrogens with zero attached hydrogens (tertiary/aromatic N) is 1. The van der Waals surface area contributed by atoms with E-state index in [4.69, 9.17) is 5.73 Å². The average molecular weight is 277 g/mol. The van der Waals surface area contributed by atoms with Crippen LogP contribution in [0.1, 0.15) is 27.2 Å². The van der Waals surface area contributed by atoms with Crippen LogP contribution in [-0.4, -0.2) is 22.5 Å². The van der Waals surface area contributed by atoms with Crippen LogP contribution in [0, 0.1) is 0 Å². The SMILES string of the molecule is NCc1nc(C(=O)NCC(O)c2ccccc2)cs1. The molecule has 2 aromatic rings. The van der Waals surface area contributed by atoms with Crippen LogP contribution in [0.25, 0.3) is 0 Å². The van der Waals surface area contributed by atoms with Crippen molar-refractivity contribution >= 4 is 17.2 Å². The number of hydrogen-bond donors (Lipinski definition) is 3. The van der Waals surface area contributed by atoms with Gasteiger partial charge < -0.3 is 16.2 Å². The first-order valence-electron chi connectivity index (χ1n) is 5.86. The fraction of sp³-hybridized carbons (Fsp3) is 0.231. The third-order valence-corrected chi connectivity index (χ3v) is 3.47. The van der Waals surface area contributed by atoms with Gasteiger partial charge in [0, 0.05) is 18.5 Å². The first-order valence-corrected chi connectivity index (χ1v) is 6.74. The molecule has 1 amide bonds. The van der Waals surface area contributed by atoms with Crippen molar-refractivity contribution in [1.82, 2.24) is 10.3 Å². The average Bonchev–Trinajstić information content (AvgIpc) is 2.94. The Morgan fingerprint density at radius 1 is 1.42 bits per heavy atom. The van der Waals surface area contributed by atoms with Gasteiger partial charge in [0.2, 0.25) is 0 Å². The van der Waals surface area contributed by atoms with Crippen molar-refractivity contribution in [2.45, 2.75) is 12.6 Å². The number of nitrogens with one attached hydrogen (secondary N) is 1. The number of nitrogens with two attached hydrogens (primary N) is 1. The van der Waals surface area contributed by atoms with E-state index in [1.54, 1.807) is 5.38 Å². The zero-order valence-corrected chi connectivity index (χ0v) is 11.1. The Labute approximate surface area is 115 Å². The van der Waals surface area contributed by atoms with Crippen molar-refractivity contribution < 1.29 is 9.90 Å². The van der Waals surface area contributed by atoms with Crippen molar-refractivity contribution in [1.29, 1.82) is 0 Å². The Morgan fingerprint density at radius 2 is 2.16 bits per heavy atom. The third-order valence-electron chi connectivity index (χ3n) is 2.60. The van der Waals surface area contributed by atoms with Crippen LogP contribution in [0.2, 0.25) is 0 Å². The number of carbonyl (C=O) groups excluding carboxylic acids is 1. The van der Waals surface area contributed by atoms with E-state index in [9.17, 15) is 9.90 Å².